The molecule has 6 heteroatoms. The number of ether oxygens (including phenoxy) is 1. The van der Waals surface area contributed by atoms with Crippen molar-refractivity contribution in [3.05, 3.63) is 84.7 Å². The summed E-state index contributed by atoms with van der Waals surface area (Å²) in [7, 11) is 0. The molecule has 0 aliphatic heterocycles. The molecular weight excluding hydrogens is 366 g/mol. The highest BCUT2D eigenvalue weighted by atomic mass is 16.5. The topological polar surface area (TPSA) is 80.3 Å². The molecule has 0 atom stereocenters. The van der Waals surface area contributed by atoms with E-state index in [1.165, 1.54) is 0 Å². The minimum atomic E-state index is -1.02. The number of rotatable bonds is 7. The zero-order valence-corrected chi connectivity index (χ0v) is 15.8. The molecule has 1 aliphatic rings. The second-order valence-electron chi connectivity index (χ2n) is 6.99. The Morgan fingerprint density at radius 2 is 1.59 bits per heavy atom. The van der Waals surface area contributed by atoms with Crippen molar-refractivity contribution in [1.29, 1.82) is 0 Å². The molecule has 0 radical (unpaired) electrons. The fourth-order valence-electron chi connectivity index (χ4n) is 3.05. The van der Waals surface area contributed by atoms with Gasteiger partial charge in [0.05, 0.1) is 5.69 Å². The lowest BCUT2D eigenvalue weighted by Gasteiger charge is -2.17. The number of pyridine rings is 1. The monoisotopic (exact) mass is 387 g/mol. The molecule has 1 aromatic heterocycles. The van der Waals surface area contributed by atoms with E-state index in [-0.39, 0.29) is 11.8 Å². The highest BCUT2D eigenvalue weighted by molar-refractivity contribution is 6.13. The van der Waals surface area contributed by atoms with Crippen LogP contribution in [0.15, 0.2) is 79.1 Å². The van der Waals surface area contributed by atoms with E-state index in [2.05, 4.69) is 15.6 Å². The predicted octanol–water partition coefficient (Wildman–Crippen LogP) is 3.91. The first-order chi connectivity index (χ1) is 14.2. The highest BCUT2D eigenvalue weighted by Gasteiger charge is 2.56. The highest BCUT2D eigenvalue weighted by Crippen LogP contribution is 2.47. The predicted molar refractivity (Wildman–Crippen MR) is 109 cm³/mol. The van der Waals surface area contributed by atoms with Gasteiger partial charge in [-0.2, -0.15) is 0 Å². The van der Waals surface area contributed by atoms with E-state index in [0.29, 0.717) is 36.6 Å². The summed E-state index contributed by atoms with van der Waals surface area (Å²) in [6, 6.07) is 20.2. The van der Waals surface area contributed by atoms with Crippen molar-refractivity contribution >= 4 is 17.5 Å². The summed E-state index contributed by atoms with van der Waals surface area (Å²) in [5.41, 5.74) is 0.452. The molecule has 2 amide bonds. The van der Waals surface area contributed by atoms with Crippen molar-refractivity contribution in [2.45, 2.75) is 19.4 Å². The summed E-state index contributed by atoms with van der Waals surface area (Å²) < 4.78 is 5.89. The number of aromatic nitrogens is 1. The quantitative estimate of drug-likeness (QED) is 0.603. The Kier molecular flexibility index (Phi) is 5.24. The molecule has 1 saturated carbocycles. The molecule has 146 valence electrons. The van der Waals surface area contributed by atoms with Crippen molar-refractivity contribution in [2.75, 3.05) is 5.32 Å². The SMILES string of the molecule is O=C(NCc1ccncc1)C1(C(=O)Nc2ccccc2Oc2ccccc2)CC1. The van der Waals surface area contributed by atoms with Gasteiger partial charge < -0.3 is 15.4 Å². The number of nitrogens with zero attached hydrogens (tertiary/aromatic N) is 1. The van der Waals surface area contributed by atoms with Crippen molar-refractivity contribution in [1.82, 2.24) is 10.3 Å². The van der Waals surface area contributed by atoms with Gasteiger partial charge in [-0.05, 0) is 54.8 Å². The van der Waals surface area contributed by atoms with Gasteiger partial charge in [-0.1, -0.05) is 30.3 Å². The van der Waals surface area contributed by atoms with E-state index >= 15 is 0 Å². The van der Waals surface area contributed by atoms with Gasteiger partial charge in [0.1, 0.15) is 11.2 Å². The first kappa shape index (κ1) is 18.7. The van der Waals surface area contributed by atoms with Crippen LogP contribution in [-0.2, 0) is 16.1 Å². The van der Waals surface area contributed by atoms with Crippen LogP contribution in [0, 0.1) is 5.41 Å². The number of carbonyl (C=O) groups excluding carboxylic acids is 2. The lowest BCUT2D eigenvalue weighted by molar-refractivity contribution is -0.134. The van der Waals surface area contributed by atoms with E-state index in [1.807, 2.05) is 54.6 Å². The lowest BCUT2D eigenvalue weighted by Crippen LogP contribution is -2.39. The van der Waals surface area contributed by atoms with Crippen LogP contribution in [0.1, 0.15) is 18.4 Å². The smallest absolute Gasteiger partial charge is 0.240 e. The average molecular weight is 387 g/mol. The average Bonchev–Trinajstić information content (AvgIpc) is 3.57. The van der Waals surface area contributed by atoms with Crippen molar-refractivity contribution < 1.29 is 14.3 Å². The van der Waals surface area contributed by atoms with Crippen molar-refractivity contribution in [3.63, 3.8) is 0 Å². The van der Waals surface area contributed by atoms with Crippen molar-refractivity contribution in [2.24, 2.45) is 5.41 Å². The number of nitrogens with one attached hydrogen (secondary N) is 2. The van der Waals surface area contributed by atoms with E-state index in [0.717, 1.165) is 5.56 Å². The largest absolute Gasteiger partial charge is 0.455 e. The molecule has 0 bridgehead atoms. The van der Waals surface area contributed by atoms with Crippen molar-refractivity contribution in [3.8, 4) is 11.5 Å². The molecule has 1 heterocycles. The molecule has 1 aliphatic carbocycles. The lowest BCUT2D eigenvalue weighted by atomic mass is 10.0. The van der Waals surface area contributed by atoms with E-state index < -0.39 is 5.41 Å². The van der Waals surface area contributed by atoms with E-state index in [4.69, 9.17) is 4.74 Å². The van der Waals surface area contributed by atoms with Crippen LogP contribution < -0.4 is 15.4 Å². The Morgan fingerprint density at radius 1 is 0.897 bits per heavy atom. The molecule has 0 spiro atoms. The summed E-state index contributed by atoms with van der Waals surface area (Å²) in [4.78, 5) is 29.6. The second kappa shape index (κ2) is 8.14. The van der Waals surface area contributed by atoms with Crippen LogP contribution in [0.4, 0.5) is 5.69 Å². The maximum absolute atomic E-state index is 12.9. The van der Waals surface area contributed by atoms with Gasteiger partial charge in [-0.15, -0.1) is 0 Å². The zero-order chi connectivity index (χ0) is 20.1. The number of para-hydroxylation sites is 3. The second-order valence-corrected chi connectivity index (χ2v) is 6.99. The first-order valence-corrected chi connectivity index (χ1v) is 9.48. The Balaban J connectivity index is 1.43. The zero-order valence-electron chi connectivity index (χ0n) is 15.8. The van der Waals surface area contributed by atoms with Gasteiger partial charge in [0, 0.05) is 18.9 Å². The number of amides is 2. The normalized spacial score (nSPS) is 13.9. The molecule has 2 N–H and O–H groups in total. The third kappa shape index (κ3) is 4.27. The third-order valence-electron chi connectivity index (χ3n) is 4.93. The maximum Gasteiger partial charge on any atom is 0.240 e. The van der Waals surface area contributed by atoms with E-state index in [9.17, 15) is 9.59 Å². The van der Waals surface area contributed by atoms with Gasteiger partial charge in [0.2, 0.25) is 11.8 Å². The Labute approximate surface area is 168 Å². The molecule has 3 aromatic rings. The fraction of sp³-hybridized carbons (Fsp3) is 0.174. The summed E-state index contributed by atoms with van der Waals surface area (Å²) in [6.07, 6.45) is 4.40. The molecule has 4 rings (SSSR count). The maximum atomic E-state index is 12.9. The minimum absolute atomic E-state index is 0.256. The van der Waals surface area contributed by atoms with Crippen LogP contribution in [0.25, 0.3) is 0 Å². The Bertz CT molecular complexity index is 1000. The first-order valence-electron chi connectivity index (χ1n) is 9.48. The van der Waals surface area contributed by atoms with Crippen LogP contribution in [0.2, 0.25) is 0 Å². The fourth-order valence-corrected chi connectivity index (χ4v) is 3.05. The molecule has 6 nitrogen and oxygen atoms in total. The number of carbonyl (C=O) groups is 2. The standard InChI is InChI=1S/C23H21N3O3/c27-21(25-16-17-10-14-24-15-11-17)23(12-13-23)22(28)26-19-8-4-5-9-20(19)29-18-6-2-1-3-7-18/h1-11,14-15H,12-13,16H2,(H,25,27)(H,26,28). The van der Waals surface area contributed by atoms with Gasteiger partial charge in [0.15, 0.2) is 5.75 Å². The van der Waals surface area contributed by atoms with Gasteiger partial charge >= 0.3 is 0 Å². The van der Waals surface area contributed by atoms with Crippen LogP contribution in [0.3, 0.4) is 0 Å². The minimum Gasteiger partial charge on any atom is -0.455 e. The number of hydrogen-bond donors (Lipinski definition) is 2. The number of anilines is 1. The van der Waals surface area contributed by atoms with Crippen LogP contribution >= 0.6 is 0 Å². The molecule has 1 fully saturated rings. The Morgan fingerprint density at radius 3 is 2.31 bits per heavy atom. The molecule has 0 unspecified atom stereocenters. The van der Waals surface area contributed by atoms with E-state index in [1.54, 1.807) is 24.5 Å². The van der Waals surface area contributed by atoms with Gasteiger partial charge in [-0.25, -0.2) is 0 Å². The number of hydrogen-bond acceptors (Lipinski definition) is 4. The van der Waals surface area contributed by atoms with Crippen LogP contribution in [0.5, 0.6) is 11.5 Å². The summed E-state index contributed by atoms with van der Waals surface area (Å²) in [5, 5.41) is 5.74. The molecule has 2 aromatic carbocycles. The number of benzene rings is 2. The Hall–Kier alpha value is -3.67. The summed E-state index contributed by atoms with van der Waals surface area (Å²) in [5.74, 6) is 0.632. The van der Waals surface area contributed by atoms with Gasteiger partial charge in [-0.3, -0.25) is 14.6 Å². The molecule has 0 saturated heterocycles. The molecular formula is C23H21N3O3. The molecule has 29 heavy (non-hydrogen) atoms. The summed E-state index contributed by atoms with van der Waals surface area (Å²) >= 11 is 0. The summed E-state index contributed by atoms with van der Waals surface area (Å²) in [6.45, 7) is 0.365. The van der Waals surface area contributed by atoms with Crippen LogP contribution in [-0.4, -0.2) is 16.8 Å². The third-order valence-corrected chi connectivity index (χ3v) is 4.93. The van der Waals surface area contributed by atoms with Gasteiger partial charge in [0.25, 0.3) is 0 Å².